The topological polar surface area (TPSA) is 67.8 Å². The maximum absolute atomic E-state index is 11.8. The molecule has 20 heavy (non-hydrogen) atoms. The van der Waals surface area contributed by atoms with E-state index in [1.54, 1.807) is 6.08 Å². The summed E-state index contributed by atoms with van der Waals surface area (Å²) in [4.78, 5) is 26.2. The highest BCUT2D eigenvalue weighted by Crippen LogP contribution is 2.29. The van der Waals surface area contributed by atoms with Gasteiger partial charge < -0.3 is 4.74 Å². The molecule has 1 saturated carbocycles. The third-order valence-corrected chi connectivity index (χ3v) is 3.49. The van der Waals surface area contributed by atoms with Crippen molar-refractivity contribution in [1.82, 2.24) is 5.32 Å². The highest BCUT2D eigenvalue weighted by Gasteiger charge is 2.33. The van der Waals surface area contributed by atoms with E-state index < -0.39 is 11.8 Å². The van der Waals surface area contributed by atoms with Crippen LogP contribution in [-0.4, -0.2) is 17.8 Å². The summed E-state index contributed by atoms with van der Waals surface area (Å²) in [5.41, 5.74) is 0.0903. The lowest BCUT2D eigenvalue weighted by Crippen LogP contribution is -2.48. The first-order chi connectivity index (χ1) is 9.74. The number of alkyl carbamates (subject to hydrolysis) is 1. The fourth-order valence-corrected chi connectivity index (χ4v) is 2.44. The minimum absolute atomic E-state index is 0.202. The molecule has 1 fully saturated rings. The third kappa shape index (κ3) is 3.93. The minimum atomic E-state index is -0.826. The molecule has 0 aromatic heterocycles. The van der Waals surface area contributed by atoms with E-state index in [4.69, 9.17) is 4.74 Å². The molecule has 1 aliphatic rings. The van der Waals surface area contributed by atoms with E-state index in [-0.39, 0.29) is 6.61 Å². The highest BCUT2D eigenvalue weighted by molar-refractivity contribution is 5.68. The molecule has 5 nitrogen and oxygen atoms in total. The molecule has 1 aromatic rings. The Morgan fingerprint density at radius 2 is 1.95 bits per heavy atom. The van der Waals surface area contributed by atoms with Crippen LogP contribution in [0.15, 0.2) is 35.3 Å². The second-order valence-corrected chi connectivity index (χ2v) is 4.98. The molecule has 0 unspecified atom stereocenters. The maximum atomic E-state index is 11.8. The van der Waals surface area contributed by atoms with Crippen LogP contribution in [0.4, 0.5) is 4.79 Å². The van der Waals surface area contributed by atoms with Crippen molar-refractivity contribution in [1.29, 1.82) is 0 Å². The van der Waals surface area contributed by atoms with Crippen LogP contribution in [-0.2, 0) is 16.1 Å². The van der Waals surface area contributed by atoms with Gasteiger partial charge in [0.2, 0.25) is 6.08 Å². The van der Waals surface area contributed by atoms with E-state index in [2.05, 4.69) is 10.3 Å². The first kappa shape index (κ1) is 14.3. The van der Waals surface area contributed by atoms with Crippen molar-refractivity contribution in [2.75, 3.05) is 0 Å². The Morgan fingerprint density at radius 1 is 1.25 bits per heavy atom. The van der Waals surface area contributed by atoms with Gasteiger partial charge >= 0.3 is 6.09 Å². The molecule has 1 amide bonds. The third-order valence-electron chi connectivity index (χ3n) is 3.49. The number of hydrogen-bond donors (Lipinski definition) is 1. The lowest BCUT2D eigenvalue weighted by Gasteiger charge is -2.32. The van der Waals surface area contributed by atoms with Crippen LogP contribution in [0, 0.1) is 0 Å². The van der Waals surface area contributed by atoms with Gasteiger partial charge in [-0.2, -0.15) is 4.99 Å². The van der Waals surface area contributed by atoms with Crippen molar-refractivity contribution in [3.63, 3.8) is 0 Å². The lowest BCUT2D eigenvalue weighted by molar-refractivity contribution is 0.119. The quantitative estimate of drug-likeness (QED) is 0.678. The normalized spacial score (nSPS) is 16.8. The zero-order chi connectivity index (χ0) is 14.3. The fraction of sp³-hybridized carbons (Fsp3) is 0.467. The average molecular weight is 274 g/mol. The number of benzene rings is 1. The highest BCUT2D eigenvalue weighted by atomic mass is 16.5. The Labute approximate surface area is 118 Å². The molecule has 106 valence electrons. The van der Waals surface area contributed by atoms with E-state index in [0.29, 0.717) is 12.8 Å². The molecular formula is C15H18N2O3. The van der Waals surface area contributed by atoms with Gasteiger partial charge in [-0.3, -0.25) is 5.32 Å². The molecule has 0 radical (unpaired) electrons. The van der Waals surface area contributed by atoms with Crippen LogP contribution >= 0.6 is 0 Å². The van der Waals surface area contributed by atoms with Crippen molar-refractivity contribution in [2.24, 2.45) is 4.99 Å². The Bertz CT molecular complexity index is 489. The molecular weight excluding hydrogens is 256 g/mol. The lowest BCUT2D eigenvalue weighted by atomic mass is 9.89. The van der Waals surface area contributed by atoms with Crippen LogP contribution in [0.1, 0.15) is 37.7 Å². The predicted molar refractivity (Wildman–Crippen MR) is 73.7 cm³/mol. The first-order valence-electron chi connectivity index (χ1n) is 6.82. The Kier molecular flexibility index (Phi) is 4.91. The first-order valence-corrected chi connectivity index (χ1v) is 6.82. The van der Waals surface area contributed by atoms with Gasteiger partial charge in [-0.05, 0) is 31.2 Å². The molecule has 5 heteroatoms. The Balaban J connectivity index is 1.90. The number of nitrogens with one attached hydrogen (secondary N) is 1. The van der Waals surface area contributed by atoms with Crippen molar-refractivity contribution in [3.05, 3.63) is 35.9 Å². The summed E-state index contributed by atoms with van der Waals surface area (Å²) < 4.78 is 5.16. The van der Waals surface area contributed by atoms with Crippen LogP contribution in [0.3, 0.4) is 0 Å². The molecule has 0 bridgehead atoms. The van der Waals surface area contributed by atoms with E-state index in [0.717, 1.165) is 24.8 Å². The summed E-state index contributed by atoms with van der Waals surface area (Å²) in [6.45, 7) is 0.202. The SMILES string of the molecule is O=C=NC1(NC(=O)OCc2ccccc2)CCCCC1. The van der Waals surface area contributed by atoms with Crippen molar-refractivity contribution >= 4 is 12.2 Å². The number of carbonyl (C=O) groups excluding carboxylic acids is 2. The number of amides is 1. The molecule has 1 aromatic carbocycles. The molecule has 2 rings (SSSR count). The van der Waals surface area contributed by atoms with Crippen LogP contribution in [0.2, 0.25) is 0 Å². The Morgan fingerprint density at radius 3 is 2.60 bits per heavy atom. The smallest absolute Gasteiger partial charge is 0.409 e. The summed E-state index contributed by atoms with van der Waals surface area (Å²) >= 11 is 0. The van der Waals surface area contributed by atoms with Gasteiger partial charge in [-0.1, -0.05) is 36.8 Å². The number of hydrogen-bond acceptors (Lipinski definition) is 4. The molecule has 0 heterocycles. The van der Waals surface area contributed by atoms with Crippen LogP contribution in [0.25, 0.3) is 0 Å². The zero-order valence-corrected chi connectivity index (χ0v) is 11.3. The van der Waals surface area contributed by atoms with E-state index in [9.17, 15) is 9.59 Å². The number of isocyanates is 1. The van der Waals surface area contributed by atoms with Crippen molar-refractivity contribution < 1.29 is 14.3 Å². The molecule has 0 spiro atoms. The van der Waals surface area contributed by atoms with E-state index >= 15 is 0 Å². The predicted octanol–water partition coefficient (Wildman–Crippen LogP) is 2.91. The number of aliphatic imine (C=N–C) groups is 1. The summed E-state index contributed by atoms with van der Waals surface area (Å²) in [7, 11) is 0. The van der Waals surface area contributed by atoms with Crippen LogP contribution in [0.5, 0.6) is 0 Å². The molecule has 0 saturated heterocycles. The zero-order valence-electron chi connectivity index (χ0n) is 11.3. The molecule has 0 aliphatic heterocycles. The summed E-state index contributed by atoms with van der Waals surface area (Å²) in [5, 5.41) is 2.71. The standard InChI is InChI=1S/C15H18N2O3/c18-12-16-15(9-5-2-6-10-15)17-14(19)20-11-13-7-3-1-4-8-13/h1,3-4,7-8H,2,5-6,9-11H2,(H,17,19). The Hall–Kier alpha value is -2.13. The summed E-state index contributed by atoms with van der Waals surface area (Å²) in [6, 6.07) is 9.44. The van der Waals surface area contributed by atoms with Gasteiger partial charge in [0, 0.05) is 0 Å². The van der Waals surface area contributed by atoms with E-state index in [1.807, 2.05) is 30.3 Å². The molecule has 1 N–H and O–H groups in total. The summed E-state index contributed by atoms with van der Waals surface area (Å²) in [5.74, 6) is 0. The second kappa shape index (κ2) is 6.87. The summed E-state index contributed by atoms with van der Waals surface area (Å²) in [6.07, 6.45) is 5.29. The van der Waals surface area contributed by atoms with Gasteiger partial charge in [-0.15, -0.1) is 0 Å². The van der Waals surface area contributed by atoms with Crippen molar-refractivity contribution in [3.8, 4) is 0 Å². The van der Waals surface area contributed by atoms with Gasteiger partial charge in [0.1, 0.15) is 12.3 Å². The average Bonchev–Trinajstić information content (AvgIpc) is 2.47. The maximum Gasteiger partial charge on any atom is 0.409 e. The van der Waals surface area contributed by atoms with Gasteiger partial charge in [-0.25, -0.2) is 9.59 Å². The number of carbonyl (C=O) groups is 1. The monoisotopic (exact) mass is 274 g/mol. The number of ether oxygens (including phenoxy) is 1. The molecule has 0 atom stereocenters. The largest absolute Gasteiger partial charge is 0.445 e. The van der Waals surface area contributed by atoms with Gasteiger partial charge in [0.25, 0.3) is 0 Å². The van der Waals surface area contributed by atoms with Gasteiger partial charge in [0.15, 0.2) is 0 Å². The second-order valence-electron chi connectivity index (χ2n) is 4.98. The van der Waals surface area contributed by atoms with Gasteiger partial charge in [0.05, 0.1) is 0 Å². The molecule has 1 aliphatic carbocycles. The van der Waals surface area contributed by atoms with Crippen molar-refractivity contribution in [2.45, 2.75) is 44.4 Å². The fourth-order valence-electron chi connectivity index (χ4n) is 2.44. The van der Waals surface area contributed by atoms with E-state index in [1.165, 1.54) is 0 Å². The van der Waals surface area contributed by atoms with Crippen LogP contribution < -0.4 is 5.32 Å². The number of nitrogens with zero attached hydrogens (tertiary/aromatic N) is 1. The number of rotatable bonds is 4. The minimum Gasteiger partial charge on any atom is -0.445 e.